The van der Waals surface area contributed by atoms with Gasteiger partial charge in [-0.25, -0.2) is 4.79 Å². The molecule has 11 nitrogen and oxygen atoms in total. The van der Waals surface area contributed by atoms with E-state index in [-0.39, 0.29) is 12.2 Å². The molecule has 7 N–H and O–H groups in total. The Hall–Kier alpha value is -2.34. The van der Waals surface area contributed by atoms with Crippen molar-refractivity contribution in [3.8, 4) is 0 Å². The molecule has 0 saturated heterocycles. The second kappa shape index (κ2) is 11.3. The first kappa shape index (κ1) is 23.7. The van der Waals surface area contributed by atoms with Crippen molar-refractivity contribution in [2.24, 2.45) is 5.73 Å². The summed E-state index contributed by atoms with van der Waals surface area (Å²) in [5.41, 5.74) is 5.38. The van der Waals surface area contributed by atoms with E-state index in [2.05, 4.69) is 28.6 Å². The zero-order chi connectivity index (χ0) is 20.4. The van der Waals surface area contributed by atoms with Gasteiger partial charge in [-0.1, -0.05) is 0 Å². The zero-order valence-electron chi connectivity index (χ0n) is 14.4. The third-order valence-corrected chi connectivity index (χ3v) is 3.61. The molecule has 3 amide bonds. The molecule has 0 spiro atoms. The van der Waals surface area contributed by atoms with Crippen molar-refractivity contribution in [1.82, 2.24) is 16.0 Å². The molecule has 0 aromatic carbocycles. The van der Waals surface area contributed by atoms with Gasteiger partial charge in [0.2, 0.25) is 17.7 Å². The van der Waals surface area contributed by atoms with Gasteiger partial charge < -0.3 is 31.9 Å². The van der Waals surface area contributed by atoms with Crippen molar-refractivity contribution >= 4 is 42.3 Å². The quantitative estimate of drug-likeness (QED) is 0.191. The summed E-state index contributed by atoms with van der Waals surface area (Å²) in [6.45, 7) is 2.78. The lowest BCUT2D eigenvalue weighted by Gasteiger charge is -2.22. The lowest BCUT2D eigenvalue weighted by molar-refractivity contribution is -0.142. The summed E-state index contributed by atoms with van der Waals surface area (Å²) in [5, 5.41) is 24.5. The van der Waals surface area contributed by atoms with Gasteiger partial charge in [0.1, 0.15) is 18.1 Å². The van der Waals surface area contributed by atoms with Crippen LogP contribution >= 0.6 is 12.6 Å². The van der Waals surface area contributed by atoms with Gasteiger partial charge in [0.15, 0.2) is 0 Å². The largest absolute Gasteiger partial charge is 0.481 e. The average Bonchev–Trinajstić information content (AvgIpc) is 2.54. The molecule has 26 heavy (non-hydrogen) atoms. The molecule has 4 atom stereocenters. The van der Waals surface area contributed by atoms with E-state index >= 15 is 0 Å². The predicted octanol–water partition coefficient (Wildman–Crippen LogP) is -2.31. The molecule has 12 heteroatoms. The van der Waals surface area contributed by atoms with Crippen molar-refractivity contribution in [3.63, 3.8) is 0 Å². The number of amides is 3. The summed E-state index contributed by atoms with van der Waals surface area (Å²) in [6.07, 6.45) is -0.697. The van der Waals surface area contributed by atoms with E-state index in [1.54, 1.807) is 0 Å². The highest BCUT2D eigenvalue weighted by Crippen LogP contribution is 2.01. The number of carbonyl (C=O) groups is 5. The van der Waals surface area contributed by atoms with Crippen molar-refractivity contribution in [3.05, 3.63) is 0 Å². The number of rotatable bonds is 11. The van der Waals surface area contributed by atoms with E-state index in [9.17, 15) is 24.0 Å². The maximum Gasteiger partial charge on any atom is 0.327 e. The summed E-state index contributed by atoms with van der Waals surface area (Å²) in [4.78, 5) is 57.5. The molecule has 0 bridgehead atoms. The number of hydrogen-bond acceptors (Lipinski definition) is 7. The number of aliphatic carboxylic acids is 2. The van der Waals surface area contributed by atoms with Crippen molar-refractivity contribution < 1.29 is 34.2 Å². The maximum atomic E-state index is 12.2. The highest BCUT2D eigenvalue weighted by Gasteiger charge is 2.28. The van der Waals surface area contributed by atoms with Crippen LogP contribution in [0.4, 0.5) is 0 Å². The molecule has 0 radical (unpaired) electrons. The van der Waals surface area contributed by atoms with E-state index in [0.717, 1.165) is 0 Å². The van der Waals surface area contributed by atoms with Crippen molar-refractivity contribution in [2.45, 2.75) is 50.9 Å². The highest BCUT2D eigenvalue weighted by atomic mass is 32.1. The fraction of sp³-hybridized carbons (Fsp3) is 0.643. The Bertz CT molecular complexity index is 555. The van der Waals surface area contributed by atoms with E-state index < -0.39 is 60.2 Å². The molecule has 0 aromatic rings. The third-order valence-electron chi connectivity index (χ3n) is 3.24. The number of thiol groups is 1. The van der Waals surface area contributed by atoms with Gasteiger partial charge in [0.05, 0.1) is 6.04 Å². The fourth-order valence-electron chi connectivity index (χ4n) is 1.70. The zero-order valence-corrected chi connectivity index (χ0v) is 15.3. The summed E-state index contributed by atoms with van der Waals surface area (Å²) < 4.78 is 0. The molecular formula is C14H24N4O7S. The molecule has 0 aliphatic heterocycles. The molecule has 0 heterocycles. The van der Waals surface area contributed by atoms with Crippen LogP contribution in [-0.2, 0) is 24.0 Å². The Morgan fingerprint density at radius 2 is 1.46 bits per heavy atom. The van der Waals surface area contributed by atoms with Crippen LogP contribution in [0.15, 0.2) is 0 Å². The smallest absolute Gasteiger partial charge is 0.327 e. The molecule has 148 valence electrons. The van der Waals surface area contributed by atoms with Crippen molar-refractivity contribution in [1.29, 1.82) is 0 Å². The summed E-state index contributed by atoms with van der Waals surface area (Å²) in [5.74, 6) is -4.91. The first-order chi connectivity index (χ1) is 12.0. The number of nitrogens with two attached hydrogens (primary N) is 1. The first-order valence-corrected chi connectivity index (χ1v) is 8.35. The predicted molar refractivity (Wildman–Crippen MR) is 93.5 cm³/mol. The number of nitrogens with one attached hydrogen (secondary N) is 3. The van der Waals surface area contributed by atoms with Crippen LogP contribution in [0.2, 0.25) is 0 Å². The van der Waals surface area contributed by atoms with Gasteiger partial charge in [-0.2, -0.15) is 12.6 Å². The molecule has 0 aliphatic carbocycles. The van der Waals surface area contributed by atoms with Crippen LogP contribution < -0.4 is 21.7 Å². The molecule has 4 unspecified atom stereocenters. The fourth-order valence-corrected chi connectivity index (χ4v) is 1.95. The lowest BCUT2D eigenvalue weighted by Crippen LogP contribution is -2.56. The van der Waals surface area contributed by atoms with Gasteiger partial charge in [0, 0.05) is 12.2 Å². The number of carboxylic acids is 2. The number of carbonyl (C=O) groups excluding carboxylic acids is 3. The minimum absolute atomic E-state index is 0.193. The molecule has 0 fully saturated rings. The van der Waals surface area contributed by atoms with E-state index in [1.807, 2.05) is 0 Å². The van der Waals surface area contributed by atoms with Crippen LogP contribution in [0, 0.1) is 0 Å². The molecule has 0 saturated carbocycles. The number of carboxylic acid groups (broad SMARTS) is 2. The van der Waals surface area contributed by atoms with E-state index in [4.69, 9.17) is 15.9 Å². The summed E-state index contributed by atoms with van der Waals surface area (Å²) in [6, 6.07) is -4.47. The van der Waals surface area contributed by atoms with E-state index in [0.29, 0.717) is 0 Å². The highest BCUT2D eigenvalue weighted by molar-refractivity contribution is 7.80. The van der Waals surface area contributed by atoms with Crippen LogP contribution in [0.5, 0.6) is 0 Å². The molecule has 0 rings (SSSR count). The average molecular weight is 392 g/mol. The molecule has 0 aromatic heterocycles. The standard InChI is InChI=1S/C14H24N4O7S/c1-6(15)11(21)16-7(2)12(22)17-8(3-4-10(19)20)13(23)18-9(5-26)14(24)25/h6-9,26H,3-5,15H2,1-2H3,(H,16,21)(H,17,22)(H,18,23)(H,19,20)(H,24,25). The second-order valence-electron chi connectivity index (χ2n) is 5.59. The first-order valence-electron chi connectivity index (χ1n) is 7.71. The Balaban J connectivity index is 5.03. The van der Waals surface area contributed by atoms with Crippen molar-refractivity contribution in [2.75, 3.05) is 5.75 Å². The van der Waals surface area contributed by atoms with Gasteiger partial charge in [-0.05, 0) is 20.3 Å². The van der Waals surface area contributed by atoms with Gasteiger partial charge in [-0.3, -0.25) is 19.2 Å². The van der Waals surface area contributed by atoms with Gasteiger partial charge in [-0.15, -0.1) is 0 Å². The Morgan fingerprint density at radius 3 is 1.88 bits per heavy atom. The topological polar surface area (TPSA) is 188 Å². The van der Waals surface area contributed by atoms with Crippen LogP contribution in [0.3, 0.4) is 0 Å². The summed E-state index contributed by atoms with van der Waals surface area (Å²) >= 11 is 3.81. The minimum atomic E-state index is -1.32. The Labute approximate surface area is 155 Å². The molecular weight excluding hydrogens is 368 g/mol. The van der Waals surface area contributed by atoms with Crippen LogP contribution in [0.1, 0.15) is 26.7 Å². The monoisotopic (exact) mass is 392 g/mol. The Morgan fingerprint density at radius 1 is 0.923 bits per heavy atom. The lowest BCUT2D eigenvalue weighted by atomic mass is 10.1. The van der Waals surface area contributed by atoms with E-state index in [1.165, 1.54) is 13.8 Å². The maximum absolute atomic E-state index is 12.2. The third kappa shape index (κ3) is 8.67. The van der Waals surface area contributed by atoms with Crippen LogP contribution in [0.25, 0.3) is 0 Å². The normalized spacial score (nSPS) is 15.1. The number of hydrogen-bond donors (Lipinski definition) is 7. The summed E-state index contributed by atoms with van der Waals surface area (Å²) in [7, 11) is 0. The minimum Gasteiger partial charge on any atom is -0.481 e. The molecule has 0 aliphatic rings. The van der Waals surface area contributed by atoms with Gasteiger partial charge in [0.25, 0.3) is 0 Å². The Kier molecular flexibility index (Phi) is 10.3. The van der Waals surface area contributed by atoms with Crippen LogP contribution in [-0.4, -0.2) is 69.8 Å². The second-order valence-corrected chi connectivity index (χ2v) is 5.96. The SMILES string of the molecule is CC(N)C(=O)NC(C)C(=O)NC(CCC(=O)O)C(=O)NC(CS)C(=O)O. The van der Waals surface area contributed by atoms with Gasteiger partial charge >= 0.3 is 11.9 Å².